The summed E-state index contributed by atoms with van der Waals surface area (Å²) in [5.41, 5.74) is 1.13. The minimum absolute atomic E-state index is 0.0699. The fourth-order valence-corrected chi connectivity index (χ4v) is 2.72. The number of halogens is 2. The Hall–Kier alpha value is -2.27. The smallest absolute Gasteiger partial charge is 0.132 e. The van der Waals surface area contributed by atoms with E-state index in [4.69, 9.17) is 0 Å². The number of H-pyrrole nitrogens is 1. The molecule has 3 rings (SSSR count). The van der Waals surface area contributed by atoms with Crippen molar-refractivity contribution in [3.05, 3.63) is 53.4 Å². The van der Waals surface area contributed by atoms with E-state index in [1.54, 1.807) is 12.1 Å². The molecule has 0 aliphatic heterocycles. The number of hydrogen-bond acceptors (Lipinski definition) is 2. The van der Waals surface area contributed by atoms with Crippen molar-refractivity contribution in [2.75, 3.05) is 0 Å². The van der Waals surface area contributed by atoms with Gasteiger partial charge >= 0.3 is 0 Å². The van der Waals surface area contributed by atoms with Crippen LogP contribution in [0.15, 0.2) is 30.3 Å². The molecule has 114 valence electrons. The summed E-state index contributed by atoms with van der Waals surface area (Å²) in [6.07, 6.45) is 0. The van der Waals surface area contributed by atoms with E-state index < -0.39 is 17.2 Å². The van der Waals surface area contributed by atoms with Crippen molar-refractivity contribution in [3.63, 3.8) is 0 Å². The van der Waals surface area contributed by atoms with Gasteiger partial charge in [0.2, 0.25) is 0 Å². The lowest BCUT2D eigenvalue weighted by molar-refractivity contribution is 0.0751. The van der Waals surface area contributed by atoms with Crippen LogP contribution in [0, 0.1) is 18.6 Å². The fourth-order valence-electron chi connectivity index (χ4n) is 2.72. The zero-order valence-electron chi connectivity index (χ0n) is 12.5. The standard InChI is InChI=1S/C17H16F2N2O/c1-9-20-14-5-4-10(6-15(14)21-9)12-7-11(18)8-13(19)16(12)17(2,3)22/h4-8,22H,1-3H3,(H,20,21). The van der Waals surface area contributed by atoms with E-state index in [-0.39, 0.29) is 5.56 Å². The summed E-state index contributed by atoms with van der Waals surface area (Å²) in [6, 6.07) is 7.33. The summed E-state index contributed by atoms with van der Waals surface area (Å²) >= 11 is 0. The number of rotatable bonds is 2. The third-order valence-electron chi connectivity index (χ3n) is 3.58. The van der Waals surface area contributed by atoms with E-state index >= 15 is 0 Å². The van der Waals surface area contributed by atoms with Crippen molar-refractivity contribution in [2.24, 2.45) is 0 Å². The molecular formula is C17H16F2N2O. The zero-order chi connectivity index (χ0) is 16.1. The van der Waals surface area contributed by atoms with Crippen LogP contribution in [0.1, 0.15) is 25.2 Å². The number of hydrogen-bond donors (Lipinski definition) is 2. The lowest BCUT2D eigenvalue weighted by atomic mass is 9.89. The van der Waals surface area contributed by atoms with Gasteiger partial charge in [-0.1, -0.05) is 6.07 Å². The van der Waals surface area contributed by atoms with Gasteiger partial charge in [-0.25, -0.2) is 13.8 Å². The largest absolute Gasteiger partial charge is 0.386 e. The minimum Gasteiger partial charge on any atom is -0.386 e. The van der Waals surface area contributed by atoms with Crippen LogP contribution in [-0.4, -0.2) is 15.1 Å². The van der Waals surface area contributed by atoms with E-state index in [1.165, 1.54) is 19.9 Å². The molecule has 2 N–H and O–H groups in total. The predicted molar refractivity (Wildman–Crippen MR) is 81.4 cm³/mol. The summed E-state index contributed by atoms with van der Waals surface area (Å²) in [4.78, 5) is 7.43. The van der Waals surface area contributed by atoms with Crippen LogP contribution in [-0.2, 0) is 5.60 Å². The molecule has 22 heavy (non-hydrogen) atoms. The maximum absolute atomic E-state index is 14.2. The fraction of sp³-hybridized carbons (Fsp3) is 0.235. The lowest BCUT2D eigenvalue weighted by Gasteiger charge is -2.22. The van der Waals surface area contributed by atoms with Crippen molar-refractivity contribution in [2.45, 2.75) is 26.4 Å². The first-order chi connectivity index (χ1) is 10.3. The van der Waals surface area contributed by atoms with E-state index in [1.807, 2.05) is 13.0 Å². The molecule has 0 amide bonds. The molecule has 5 heteroatoms. The summed E-state index contributed by atoms with van der Waals surface area (Å²) in [6.45, 7) is 4.79. The van der Waals surface area contributed by atoms with Crippen LogP contribution in [0.3, 0.4) is 0 Å². The number of aromatic nitrogens is 2. The Morgan fingerprint density at radius 3 is 2.55 bits per heavy atom. The van der Waals surface area contributed by atoms with E-state index in [9.17, 15) is 13.9 Å². The SMILES string of the molecule is Cc1nc2cc(-c3cc(F)cc(F)c3C(C)(C)O)ccc2[nH]1. The number of benzene rings is 2. The monoisotopic (exact) mass is 302 g/mol. The topological polar surface area (TPSA) is 48.9 Å². The summed E-state index contributed by atoms with van der Waals surface area (Å²) in [5.74, 6) is -0.681. The second kappa shape index (κ2) is 4.88. The number of aryl methyl sites for hydroxylation is 1. The number of fused-ring (bicyclic) bond motifs is 1. The number of aromatic amines is 1. The zero-order valence-corrected chi connectivity index (χ0v) is 12.5. The Bertz CT molecular complexity index is 863. The second-order valence-corrected chi connectivity index (χ2v) is 5.92. The molecule has 0 fully saturated rings. The molecule has 0 saturated carbocycles. The van der Waals surface area contributed by atoms with Gasteiger partial charge in [-0.2, -0.15) is 0 Å². The highest BCUT2D eigenvalue weighted by Crippen LogP contribution is 2.35. The summed E-state index contributed by atoms with van der Waals surface area (Å²) < 4.78 is 27.8. The maximum atomic E-state index is 14.2. The van der Waals surface area contributed by atoms with Gasteiger partial charge in [-0.05, 0) is 50.1 Å². The maximum Gasteiger partial charge on any atom is 0.132 e. The number of nitrogens with zero attached hydrogens (tertiary/aromatic N) is 1. The van der Waals surface area contributed by atoms with Crippen molar-refractivity contribution in [1.82, 2.24) is 9.97 Å². The molecule has 0 aliphatic rings. The second-order valence-electron chi connectivity index (χ2n) is 5.92. The van der Waals surface area contributed by atoms with Gasteiger partial charge < -0.3 is 10.1 Å². The third-order valence-corrected chi connectivity index (χ3v) is 3.58. The molecule has 0 atom stereocenters. The van der Waals surface area contributed by atoms with Crippen LogP contribution in [0.2, 0.25) is 0 Å². The Kier molecular flexibility index (Phi) is 3.25. The van der Waals surface area contributed by atoms with Gasteiger partial charge in [0, 0.05) is 11.6 Å². The molecule has 1 heterocycles. The molecule has 0 aliphatic carbocycles. The molecule has 0 saturated heterocycles. The average Bonchev–Trinajstić information content (AvgIpc) is 2.74. The Labute approximate surface area is 126 Å². The van der Waals surface area contributed by atoms with Gasteiger partial charge in [0.15, 0.2) is 0 Å². The molecule has 2 aromatic carbocycles. The quantitative estimate of drug-likeness (QED) is 0.750. The van der Waals surface area contributed by atoms with Gasteiger partial charge in [0.25, 0.3) is 0 Å². The first kappa shape index (κ1) is 14.7. The van der Waals surface area contributed by atoms with Crippen LogP contribution in [0.4, 0.5) is 8.78 Å². The van der Waals surface area contributed by atoms with E-state index in [0.717, 1.165) is 17.4 Å². The Morgan fingerprint density at radius 2 is 1.86 bits per heavy atom. The van der Waals surface area contributed by atoms with Crippen molar-refractivity contribution in [3.8, 4) is 11.1 Å². The van der Waals surface area contributed by atoms with E-state index in [2.05, 4.69) is 9.97 Å². The van der Waals surface area contributed by atoms with E-state index in [0.29, 0.717) is 16.6 Å². The van der Waals surface area contributed by atoms with Crippen molar-refractivity contribution < 1.29 is 13.9 Å². The highest BCUT2D eigenvalue weighted by Gasteiger charge is 2.26. The molecule has 1 aromatic heterocycles. The Morgan fingerprint density at radius 1 is 1.14 bits per heavy atom. The van der Waals surface area contributed by atoms with Crippen LogP contribution < -0.4 is 0 Å². The average molecular weight is 302 g/mol. The first-order valence-electron chi connectivity index (χ1n) is 6.94. The predicted octanol–water partition coefficient (Wildman–Crippen LogP) is 4.04. The van der Waals surface area contributed by atoms with Crippen LogP contribution in [0.5, 0.6) is 0 Å². The van der Waals surface area contributed by atoms with Crippen molar-refractivity contribution in [1.29, 1.82) is 0 Å². The van der Waals surface area contributed by atoms with Crippen LogP contribution >= 0.6 is 0 Å². The lowest BCUT2D eigenvalue weighted by Crippen LogP contribution is -2.19. The molecule has 0 radical (unpaired) electrons. The van der Waals surface area contributed by atoms with Gasteiger partial charge in [0.1, 0.15) is 17.5 Å². The highest BCUT2D eigenvalue weighted by atomic mass is 19.1. The molecule has 0 unspecified atom stereocenters. The molecular weight excluding hydrogens is 286 g/mol. The van der Waals surface area contributed by atoms with Gasteiger partial charge in [0.05, 0.1) is 16.6 Å². The number of aliphatic hydroxyl groups is 1. The first-order valence-corrected chi connectivity index (χ1v) is 6.94. The third kappa shape index (κ3) is 2.48. The van der Waals surface area contributed by atoms with Crippen molar-refractivity contribution >= 4 is 11.0 Å². The summed E-state index contributed by atoms with van der Waals surface area (Å²) in [5, 5.41) is 10.2. The molecule has 0 spiro atoms. The molecule has 3 nitrogen and oxygen atoms in total. The van der Waals surface area contributed by atoms with Gasteiger partial charge in [-0.3, -0.25) is 0 Å². The summed E-state index contributed by atoms with van der Waals surface area (Å²) in [7, 11) is 0. The Balaban J connectivity index is 2.29. The highest BCUT2D eigenvalue weighted by molar-refractivity contribution is 5.83. The number of nitrogens with one attached hydrogen (secondary N) is 1. The molecule has 0 bridgehead atoms. The van der Waals surface area contributed by atoms with Gasteiger partial charge in [-0.15, -0.1) is 0 Å². The molecule has 3 aromatic rings. The normalized spacial score (nSPS) is 12.1. The number of imidazole rings is 1. The van der Waals surface area contributed by atoms with Crippen LogP contribution in [0.25, 0.3) is 22.2 Å². The minimum atomic E-state index is -1.43.